The molecule has 1 radical (unpaired) electrons. The molecule has 7 heteroatoms. The van der Waals surface area contributed by atoms with Crippen molar-refractivity contribution in [1.29, 1.82) is 0 Å². The van der Waals surface area contributed by atoms with Gasteiger partial charge in [0.25, 0.3) is 0 Å². The van der Waals surface area contributed by atoms with E-state index in [0.29, 0.717) is 33.5 Å². The zero-order chi connectivity index (χ0) is 36.8. The van der Waals surface area contributed by atoms with Crippen LogP contribution < -0.4 is 5.19 Å². The van der Waals surface area contributed by atoms with Crippen molar-refractivity contribution in [2.75, 3.05) is 0 Å². The van der Waals surface area contributed by atoms with Crippen molar-refractivity contribution in [3.63, 3.8) is 0 Å². The summed E-state index contributed by atoms with van der Waals surface area (Å²) in [6.07, 6.45) is 5.39. The number of nitrogens with zero attached hydrogens (tertiary/aromatic N) is 4. The maximum Gasteiger partial charge on any atom is 0.120 e. The Kier molecular flexibility index (Phi) is 7.14. The number of para-hydroxylation sites is 2. The predicted octanol–water partition coefficient (Wildman–Crippen LogP) is 9.50. The molecular weight excluding hydrogens is 773 g/mol. The van der Waals surface area contributed by atoms with Crippen molar-refractivity contribution in [3.8, 4) is 28.3 Å². The van der Waals surface area contributed by atoms with E-state index in [-0.39, 0.29) is 25.7 Å². The summed E-state index contributed by atoms with van der Waals surface area (Å²) in [5, 5.41) is 2.63. The minimum atomic E-state index is -2.30. The van der Waals surface area contributed by atoms with Gasteiger partial charge in [0.05, 0.1) is 36.7 Å². The summed E-state index contributed by atoms with van der Waals surface area (Å²) < 4.78 is 54.4. The summed E-state index contributed by atoms with van der Waals surface area (Å²) >= 11 is 0. The Morgan fingerprint density at radius 2 is 1.66 bits per heavy atom. The van der Waals surface area contributed by atoms with E-state index >= 15 is 0 Å². The summed E-state index contributed by atoms with van der Waals surface area (Å²) in [6.45, 7) is 2.45. The van der Waals surface area contributed by atoms with E-state index in [9.17, 15) is 0 Å². The first-order valence-electron chi connectivity index (χ1n) is 17.9. The number of rotatable bonds is 4. The normalized spacial score (nSPS) is 13.8. The number of benzene rings is 4. The molecule has 0 saturated heterocycles. The monoisotopic (exact) mass is 813 g/mol. The molecule has 8 rings (SSSR count). The molecule has 0 bridgehead atoms. The molecule has 0 N–H and O–H groups in total. The quantitative estimate of drug-likeness (QED) is 0.131. The SMILES string of the molecule is [2H]C([2H])([2H])c1c[c-]c(-c2ccc([Si](C)(C)C)cn2)cc1.[2H]C([2H])([2H])c1c[c-]c(-c2nc3ccncc3n2-c2ccccc2)c2oc3ccccc3c12.[Ir]. The number of pyridine rings is 2. The molecule has 0 saturated carbocycles. The first-order chi connectivity index (χ1) is 24.7. The molecule has 5 nitrogen and oxygen atoms in total. The van der Waals surface area contributed by atoms with Gasteiger partial charge in [0.1, 0.15) is 5.58 Å². The smallest absolute Gasteiger partial charge is 0.120 e. The fourth-order valence-electron chi connectivity index (χ4n) is 5.45. The maximum absolute atomic E-state index is 8.05. The topological polar surface area (TPSA) is 56.7 Å². The van der Waals surface area contributed by atoms with Crippen molar-refractivity contribution in [1.82, 2.24) is 19.5 Å². The molecule has 0 unspecified atom stereocenters. The van der Waals surface area contributed by atoms with Crippen molar-refractivity contribution >= 4 is 46.2 Å². The minimum absolute atomic E-state index is 0. The molecule has 4 aromatic heterocycles. The number of aromatic nitrogens is 4. The van der Waals surface area contributed by atoms with Gasteiger partial charge in [-0.05, 0) is 35.1 Å². The van der Waals surface area contributed by atoms with Crippen LogP contribution in [0.25, 0.3) is 61.3 Å². The standard InChI is InChI=1S/C25H16N3O.C15H18NSi.Ir/c1-16-11-12-19(24-23(16)18-9-5-6-10-22(18)29-24)25-27-20-13-14-26-15-21(20)28(25)17-7-3-2-4-8-17;1-12-5-7-13(8-6-12)15-10-9-14(11-16-15)17(2,3)4;/h2-11,13-15H,1H3;5-7,9-11H,1-4H3;/q2*-1;/i2*1D3;. The predicted molar refractivity (Wildman–Crippen MR) is 191 cm³/mol. The molecule has 47 heavy (non-hydrogen) atoms. The van der Waals surface area contributed by atoms with Crippen molar-refractivity contribution in [2.45, 2.75) is 33.3 Å². The summed E-state index contributed by atoms with van der Waals surface area (Å²) in [5.41, 5.74) is 6.37. The fraction of sp³-hybridized carbons (Fsp3) is 0.125. The Labute approximate surface area is 298 Å². The molecule has 0 aliphatic heterocycles. The third-order valence-electron chi connectivity index (χ3n) is 7.87. The Morgan fingerprint density at radius 3 is 2.38 bits per heavy atom. The van der Waals surface area contributed by atoms with Crippen LogP contribution in [0.2, 0.25) is 19.6 Å². The van der Waals surface area contributed by atoms with Gasteiger partial charge in [-0.15, -0.1) is 53.1 Å². The van der Waals surface area contributed by atoms with Crippen molar-refractivity contribution < 1.29 is 32.7 Å². The van der Waals surface area contributed by atoms with Gasteiger partial charge in [-0.25, -0.2) is 0 Å². The van der Waals surface area contributed by atoms with E-state index in [2.05, 4.69) is 47.8 Å². The second kappa shape index (κ2) is 13.2. The van der Waals surface area contributed by atoms with Crippen LogP contribution >= 0.6 is 0 Å². The number of hydrogen-bond acceptors (Lipinski definition) is 4. The second-order valence-corrected chi connectivity index (χ2v) is 17.1. The molecule has 0 aliphatic rings. The van der Waals surface area contributed by atoms with Crippen LogP contribution in [0, 0.1) is 25.8 Å². The Hall–Kier alpha value is -4.68. The number of aryl methyl sites for hydroxylation is 2. The zero-order valence-electron chi connectivity index (χ0n) is 32.0. The summed E-state index contributed by atoms with van der Waals surface area (Å²) in [4.78, 5) is 13.6. The van der Waals surface area contributed by atoms with Gasteiger partial charge < -0.3 is 14.0 Å². The fourth-order valence-corrected chi connectivity index (χ4v) is 6.48. The van der Waals surface area contributed by atoms with Crippen molar-refractivity contribution in [3.05, 3.63) is 139 Å². The third-order valence-corrected chi connectivity index (χ3v) is 9.89. The number of furan rings is 1. The van der Waals surface area contributed by atoms with Crippen LogP contribution in [0.1, 0.15) is 19.4 Å². The van der Waals surface area contributed by atoms with Crippen molar-refractivity contribution in [2.24, 2.45) is 0 Å². The van der Waals surface area contributed by atoms with Crippen LogP contribution in [0.5, 0.6) is 0 Å². The molecular formula is C40H34IrN4OSi-2. The number of fused-ring (bicyclic) bond motifs is 4. The van der Waals surface area contributed by atoms with Gasteiger partial charge in [0.2, 0.25) is 0 Å². The first-order valence-corrected chi connectivity index (χ1v) is 18.4. The van der Waals surface area contributed by atoms with Gasteiger partial charge in [0, 0.05) is 51.8 Å². The molecule has 0 amide bonds. The summed E-state index contributed by atoms with van der Waals surface area (Å²) in [5.74, 6) is 0.611. The third kappa shape index (κ3) is 6.35. The Morgan fingerprint density at radius 1 is 0.830 bits per heavy atom. The summed E-state index contributed by atoms with van der Waals surface area (Å²) in [7, 11) is -1.34. The van der Waals surface area contributed by atoms with Gasteiger partial charge in [-0.2, -0.15) is 0 Å². The molecule has 0 aliphatic carbocycles. The molecule has 0 spiro atoms. The van der Waals surface area contributed by atoms with Gasteiger partial charge in [-0.3, -0.25) is 9.97 Å². The molecule has 8 aromatic rings. The first kappa shape index (κ1) is 25.4. The maximum atomic E-state index is 8.05. The van der Waals surface area contributed by atoms with E-state index in [1.165, 1.54) is 11.3 Å². The van der Waals surface area contributed by atoms with Gasteiger partial charge >= 0.3 is 0 Å². The van der Waals surface area contributed by atoms with Crippen LogP contribution in [-0.2, 0) is 20.1 Å². The van der Waals surface area contributed by atoms with Crippen LogP contribution in [-0.4, -0.2) is 27.6 Å². The minimum Gasteiger partial charge on any atom is -0.501 e. The van der Waals surface area contributed by atoms with Gasteiger partial charge in [-0.1, -0.05) is 92.8 Å². The molecule has 0 atom stereocenters. The average molecular weight is 813 g/mol. The molecule has 235 valence electrons. The van der Waals surface area contributed by atoms with Gasteiger partial charge in [0.15, 0.2) is 0 Å². The second-order valence-electron chi connectivity index (χ2n) is 12.0. The Balaban J connectivity index is 0.000000199. The largest absolute Gasteiger partial charge is 0.501 e. The van der Waals surface area contributed by atoms with Crippen LogP contribution in [0.15, 0.2) is 120 Å². The zero-order valence-corrected chi connectivity index (χ0v) is 29.4. The van der Waals surface area contributed by atoms with Crippen LogP contribution in [0.3, 0.4) is 0 Å². The van der Waals surface area contributed by atoms with E-state index in [1.54, 1.807) is 30.6 Å². The van der Waals surface area contributed by atoms with E-state index in [0.717, 1.165) is 33.4 Å². The van der Waals surface area contributed by atoms with Crippen LogP contribution in [0.4, 0.5) is 0 Å². The summed E-state index contributed by atoms with van der Waals surface area (Å²) in [6, 6.07) is 35.9. The molecule has 4 aromatic carbocycles. The number of imidazole rings is 1. The average Bonchev–Trinajstić information content (AvgIpc) is 3.70. The Bertz CT molecular complexity index is 2470. The molecule has 0 fully saturated rings. The molecule has 4 heterocycles. The van der Waals surface area contributed by atoms with E-state index < -0.39 is 21.8 Å². The van der Waals surface area contributed by atoms with E-state index in [1.807, 2.05) is 77.5 Å². The number of hydrogen-bond donors (Lipinski definition) is 0. The van der Waals surface area contributed by atoms with E-state index in [4.69, 9.17) is 17.6 Å².